The summed E-state index contributed by atoms with van der Waals surface area (Å²) in [5.41, 5.74) is 17.0. The molecule has 0 unspecified atom stereocenters. The van der Waals surface area contributed by atoms with Crippen molar-refractivity contribution in [3.05, 3.63) is 255 Å². The highest BCUT2D eigenvalue weighted by molar-refractivity contribution is 6.22. The Morgan fingerprint density at radius 2 is 0.562 bits per heavy atom. The van der Waals surface area contributed by atoms with E-state index >= 15 is 0 Å². The van der Waals surface area contributed by atoms with Gasteiger partial charge in [-0.3, -0.25) is 0 Å². The molecule has 0 nitrogen and oxygen atoms in total. The van der Waals surface area contributed by atoms with Crippen molar-refractivity contribution in [2.24, 2.45) is 0 Å². The van der Waals surface area contributed by atoms with Crippen molar-refractivity contribution in [1.82, 2.24) is 0 Å². The third-order valence-corrected chi connectivity index (χ3v) is 13.1. The van der Waals surface area contributed by atoms with Gasteiger partial charge in [0, 0.05) is 0 Å². The summed E-state index contributed by atoms with van der Waals surface area (Å²) in [6.45, 7) is 0. The molecule has 0 aliphatic carbocycles. The van der Waals surface area contributed by atoms with Gasteiger partial charge in [-0.2, -0.15) is 0 Å². The van der Waals surface area contributed by atoms with Crippen LogP contribution in [-0.4, -0.2) is 0 Å². The maximum Gasteiger partial charge on any atom is -0.00199 e. The van der Waals surface area contributed by atoms with E-state index in [1.54, 1.807) is 0 Å². The lowest BCUT2D eigenvalue weighted by atomic mass is 9.82. The van der Waals surface area contributed by atoms with Crippen LogP contribution in [0.1, 0.15) is 0 Å². The molecule has 0 fully saturated rings. The van der Waals surface area contributed by atoms with Gasteiger partial charge in [0.1, 0.15) is 0 Å². The molecule has 0 N–H and O–H groups in total. The zero-order valence-corrected chi connectivity index (χ0v) is 35.2. The van der Waals surface area contributed by atoms with Crippen LogP contribution in [0.3, 0.4) is 0 Å². The van der Waals surface area contributed by atoms with Crippen molar-refractivity contribution in [1.29, 1.82) is 0 Å². The van der Waals surface area contributed by atoms with Gasteiger partial charge < -0.3 is 0 Å². The first-order chi connectivity index (χ1) is 31.7. The van der Waals surface area contributed by atoms with Crippen molar-refractivity contribution in [2.75, 3.05) is 0 Å². The van der Waals surface area contributed by atoms with Crippen LogP contribution in [0.5, 0.6) is 0 Å². The van der Waals surface area contributed by atoms with E-state index in [2.05, 4.69) is 255 Å². The van der Waals surface area contributed by atoms with Crippen LogP contribution in [0.2, 0.25) is 0 Å². The van der Waals surface area contributed by atoms with E-state index in [4.69, 9.17) is 0 Å². The zero-order valence-electron chi connectivity index (χ0n) is 35.2. The maximum atomic E-state index is 2.44. The third kappa shape index (κ3) is 6.56. The molecule has 0 saturated carbocycles. The van der Waals surface area contributed by atoms with Crippen molar-refractivity contribution < 1.29 is 0 Å². The fourth-order valence-electron chi connectivity index (χ4n) is 10.0. The Labute approximate surface area is 374 Å². The summed E-state index contributed by atoms with van der Waals surface area (Å²) in [5, 5.41) is 10.1. The van der Waals surface area contributed by atoms with E-state index in [9.17, 15) is 0 Å². The fraction of sp³-hybridized carbons (Fsp3) is 0. The second kappa shape index (κ2) is 15.9. The standard InChI is InChI=1S/C64H42/c1-3-17-43(18-4-1)44-33-35-45(36-34-44)54-38-37-50(41-62(54)64-59-31-13-11-29-57(59)63(46-19-5-2-6-20-46)58-30-12-14-32-60(58)64)48-23-15-22-47(39-48)49-24-16-25-51(40-49)61-42-52-21-7-8-26-53(52)55-27-9-10-28-56(55)61/h1-42H. The summed E-state index contributed by atoms with van der Waals surface area (Å²) < 4.78 is 0. The Hall–Kier alpha value is -8.32. The molecule has 0 aliphatic rings. The predicted molar refractivity (Wildman–Crippen MR) is 275 cm³/mol. The number of hydrogen-bond acceptors (Lipinski definition) is 0. The van der Waals surface area contributed by atoms with Crippen LogP contribution in [0.15, 0.2) is 255 Å². The van der Waals surface area contributed by atoms with Gasteiger partial charge in [-0.25, -0.2) is 0 Å². The lowest BCUT2D eigenvalue weighted by Gasteiger charge is -2.21. The van der Waals surface area contributed by atoms with Crippen molar-refractivity contribution in [2.45, 2.75) is 0 Å². The van der Waals surface area contributed by atoms with Crippen molar-refractivity contribution in [3.63, 3.8) is 0 Å². The molecule has 0 aromatic heterocycles. The molecule has 0 bridgehead atoms. The molecule has 0 aliphatic heterocycles. The van der Waals surface area contributed by atoms with E-state index in [0.29, 0.717) is 0 Å². The fourth-order valence-corrected chi connectivity index (χ4v) is 10.0. The summed E-state index contributed by atoms with van der Waals surface area (Å²) in [6.07, 6.45) is 0. The van der Waals surface area contributed by atoms with E-state index < -0.39 is 0 Å². The molecule has 0 amide bonds. The zero-order chi connectivity index (χ0) is 42.4. The van der Waals surface area contributed by atoms with E-state index in [0.717, 1.165) is 0 Å². The smallest absolute Gasteiger partial charge is 0.00199 e. The largest absolute Gasteiger partial charge is 0.0622 e. The normalized spacial score (nSPS) is 11.4. The molecule has 0 heterocycles. The van der Waals surface area contributed by atoms with Gasteiger partial charge in [-0.05, 0) is 145 Å². The molecular weight excluding hydrogens is 769 g/mol. The lowest BCUT2D eigenvalue weighted by molar-refractivity contribution is 1.56. The Kier molecular flexibility index (Phi) is 9.28. The SMILES string of the molecule is c1ccc(-c2ccc(-c3ccc(-c4cccc(-c5cccc(-c6cc7ccccc7c7ccccc67)c5)c4)cc3-c3c4ccccc4c(-c4ccccc4)c4ccccc34)cc2)cc1. The molecule has 0 radical (unpaired) electrons. The number of benzene rings is 12. The molecule has 12 rings (SSSR count). The van der Waals surface area contributed by atoms with E-state index in [-0.39, 0.29) is 0 Å². The first kappa shape index (κ1) is 37.4. The minimum atomic E-state index is 1.18. The van der Waals surface area contributed by atoms with Crippen LogP contribution in [-0.2, 0) is 0 Å². The summed E-state index contributed by atoms with van der Waals surface area (Å²) in [5.74, 6) is 0. The van der Waals surface area contributed by atoms with Gasteiger partial charge in [-0.15, -0.1) is 0 Å². The van der Waals surface area contributed by atoms with Gasteiger partial charge >= 0.3 is 0 Å². The van der Waals surface area contributed by atoms with Crippen LogP contribution in [0.25, 0.3) is 121 Å². The van der Waals surface area contributed by atoms with Gasteiger partial charge in [-0.1, -0.05) is 231 Å². The number of rotatable bonds is 7. The molecule has 12 aromatic rings. The predicted octanol–water partition coefficient (Wildman–Crippen LogP) is 18.0. The van der Waals surface area contributed by atoms with Crippen LogP contribution in [0, 0.1) is 0 Å². The first-order valence-corrected chi connectivity index (χ1v) is 22.2. The van der Waals surface area contributed by atoms with Gasteiger partial charge in [0.2, 0.25) is 0 Å². The molecule has 0 saturated heterocycles. The minimum absolute atomic E-state index is 1.18. The molecule has 0 heteroatoms. The quantitative estimate of drug-likeness (QED) is 0.111. The molecule has 64 heavy (non-hydrogen) atoms. The van der Waals surface area contributed by atoms with Crippen molar-refractivity contribution in [3.8, 4) is 77.9 Å². The molecule has 12 aromatic carbocycles. The van der Waals surface area contributed by atoms with Crippen molar-refractivity contribution >= 4 is 43.1 Å². The van der Waals surface area contributed by atoms with Crippen LogP contribution in [0.4, 0.5) is 0 Å². The Morgan fingerprint density at radius 1 is 0.156 bits per heavy atom. The second-order valence-corrected chi connectivity index (χ2v) is 16.8. The number of hydrogen-bond donors (Lipinski definition) is 0. The first-order valence-electron chi connectivity index (χ1n) is 22.2. The molecular formula is C64H42. The summed E-state index contributed by atoms with van der Waals surface area (Å²) in [4.78, 5) is 0. The van der Waals surface area contributed by atoms with E-state index in [1.165, 1.54) is 121 Å². The topological polar surface area (TPSA) is 0 Å². The second-order valence-electron chi connectivity index (χ2n) is 16.8. The molecule has 298 valence electrons. The average molecular weight is 811 g/mol. The van der Waals surface area contributed by atoms with Crippen LogP contribution >= 0.6 is 0 Å². The van der Waals surface area contributed by atoms with Gasteiger partial charge in [0.25, 0.3) is 0 Å². The Morgan fingerprint density at radius 3 is 1.19 bits per heavy atom. The summed E-state index contributed by atoms with van der Waals surface area (Å²) >= 11 is 0. The molecule has 0 atom stereocenters. The summed E-state index contributed by atoms with van der Waals surface area (Å²) in [7, 11) is 0. The van der Waals surface area contributed by atoms with Gasteiger partial charge in [0.15, 0.2) is 0 Å². The highest BCUT2D eigenvalue weighted by Crippen LogP contribution is 2.47. The molecule has 0 spiro atoms. The van der Waals surface area contributed by atoms with Crippen LogP contribution < -0.4 is 0 Å². The average Bonchev–Trinajstić information content (AvgIpc) is 3.38. The Bertz CT molecular complexity index is 3630. The minimum Gasteiger partial charge on any atom is -0.0622 e. The highest BCUT2D eigenvalue weighted by atomic mass is 14.2. The van der Waals surface area contributed by atoms with E-state index in [1.807, 2.05) is 0 Å². The highest BCUT2D eigenvalue weighted by Gasteiger charge is 2.20. The third-order valence-electron chi connectivity index (χ3n) is 13.1. The lowest BCUT2D eigenvalue weighted by Crippen LogP contribution is -1.94. The monoisotopic (exact) mass is 810 g/mol. The van der Waals surface area contributed by atoms with Gasteiger partial charge in [0.05, 0.1) is 0 Å². The maximum absolute atomic E-state index is 2.44. The Balaban J connectivity index is 1.03. The summed E-state index contributed by atoms with van der Waals surface area (Å²) in [6, 6.07) is 93.6. The number of fused-ring (bicyclic) bond motifs is 5.